The molecule has 0 radical (unpaired) electrons. The van der Waals surface area contributed by atoms with Gasteiger partial charge in [-0.25, -0.2) is 29.9 Å². The third-order valence-electron chi connectivity index (χ3n) is 4.10. The van der Waals surface area contributed by atoms with Gasteiger partial charge in [0.1, 0.15) is 37.9 Å². The van der Waals surface area contributed by atoms with Gasteiger partial charge in [0, 0.05) is 98.3 Å². The van der Waals surface area contributed by atoms with Crippen LogP contribution >= 0.6 is 11.3 Å². The second kappa shape index (κ2) is 40.2. The fraction of sp³-hybridized carbons (Fsp3) is 0. The summed E-state index contributed by atoms with van der Waals surface area (Å²) in [6.07, 6.45) is 39.1. The first-order valence-electron chi connectivity index (χ1n) is 14.8. The molecule has 0 fully saturated rings. The van der Waals surface area contributed by atoms with Crippen LogP contribution in [-0.2, 0) is 0 Å². The highest BCUT2D eigenvalue weighted by atomic mass is 32.1. The first-order chi connectivity index (χ1) is 26.5. The summed E-state index contributed by atoms with van der Waals surface area (Å²) in [5.74, 6) is 0. The Bertz CT molecular complexity index is 1260. The Balaban J connectivity index is 0.000000295. The molecule has 53 heavy (non-hydrogen) atoms. The average molecular weight is 736 g/mol. The number of nitrogens with zero attached hydrogens (tertiary/aromatic N) is 14. The van der Waals surface area contributed by atoms with Crippen molar-refractivity contribution in [3.63, 3.8) is 0 Å². The van der Waals surface area contributed by atoms with Crippen LogP contribution in [0.15, 0.2) is 201 Å². The number of hydrogen-bond donors (Lipinski definition) is 5. The number of hydrogen-bond acceptors (Lipinski definition) is 16. The van der Waals surface area contributed by atoms with Crippen molar-refractivity contribution in [1.82, 2.24) is 95.6 Å². The molecule has 0 saturated carbocycles. The summed E-state index contributed by atoms with van der Waals surface area (Å²) < 4.78 is 4.47. The van der Waals surface area contributed by atoms with E-state index in [1.807, 2.05) is 35.7 Å². The molecule has 10 aromatic rings. The molecule has 10 heterocycles. The van der Waals surface area contributed by atoms with Gasteiger partial charge in [-0.1, -0.05) is 6.07 Å². The van der Waals surface area contributed by atoms with Gasteiger partial charge in [0.2, 0.25) is 0 Å². The minimum absolute atomic E-state index is 1.38. The van der Waals surface area contributed by atoms with Gasteiger partial charge < -0.3 is 9.40 Å². The van der Waals surface area contributed by atoms with E-state index in [-0.39, 0.29) is 0 Å². The molecule has 0 aliphatic heterocycles. The minimum atomic E-state index is 1.38. The van der Waals surface area contributed by atoms with Crippen LogP contribution in [0.2, 0.25) is 0 Å². The Morgan fingerprint density at radius 1 is 0.377 bits per heavy atom. The maximum absolute atomic E-state index is 4.47. The van der Waals surface area contributed by atoms with Gasteiger partial charge in [0.05, 0.1) is 18.0 Å². The van der Waals surface area contributed by atoms with Crippen molar-refractivity contribution in [2.45, 2.75) is 0 Å². The van der Waals surface area contributed by atoms with E-state index in [4.69, 9.17) is 0 Å². The monoisotopic (exact) mass is 735 g/mol. The molecular formula is C32H37N19OS. The van der Waals surface area contributed by atoms with E-state index in [2.05, 4.69) is 100 Å². The molecule has 0 aliphatic carbocycles. The number of oxazole rings is 1. The molecule has 10 aromatic heterocycles. The summed E-state index contributed by atoms with van der Waals surface area (Å²) in [6.45, 7) is 0. The van der Waals surface area contributed by atoms with Gasteiger partial charge in [-0.05, 0) is 30.3 Å². The molecule has 0 amide bonds. The summed E-state index contributed by atoms with van der Waals surface area (Å²) in [7, 11) is 0. The zero-order valence-corrected chi connectivity index (χ0v) is 28.9. The topological polar surface area (TPSA) is 273 Å². The number of imidazole rings is 1. The molecule has 0 saturated heterocycles. The van der Waals surface area contributed by atoms with Crippen molar-refractivity contribution < 1.29 is 4.42 Å². The smallest absolute Gasteiger partial charge is 0.180 e. The largest absolute Gasteiger partial charge is 0.452 e. The number of rotatable bonds is 0. The molecule has 0 atom stereocenters. The van der Waals surface area contributed by atoms with Crippen molar-refractivity contribution in [2.75, 3.05) is 0 Å². The van der Waals surface area contributed by atoms with Gasteiger partial charge >= 0.3 is 0 Å². The Morgan fingerprint density at radius 2 is 1.00 bits per heavy atom. The molecule has 0 unspecified atom stereocenters. The van der Waals surface area contributed by atoms with Crippen molar-refractivity contribution in [1.29, 1.82) is 0 Å². The lowest BCUT2D eigenvalue weighted by Gasteiger charge is -1.70. The second-order valence-corrected chi connectivity index (χ2v) is 8.53. The molecule has 0 bridgehead atoms. The standard InChI is InChI=1S/C5H5N.2C4H4N2.3C3H4N2.C3H3NO.C3H3NS.2C2H3N3/c1-2-4-6-5-3-1;1-2-6-4-3-5-1;1-2-5-4-6-3-1;1-2-5-3-4-1;2*1-2-4-5-3-1;2*1-2-5-3-4-1;2*1-3-2-5-4-1/h1-5H;2*1-4H;3*1-3H,(H,4,5);2*1-3H;2*1-2H,(H,3,4,5). The molecule has 0 aliphatic rings. The fourth-order valence-corrected chi connectivity index (χ4v) is 2.50. The lowest BCUT2D eigenvalue weighted by atomic mass is 10.5. The van der Waals surface area contributed by atoms with E-state index in [9.17, 15) is 0 Å². The highest BCUT2D eigenvalue weighted by Crippen LogP contribution is 1.86. The van der Waals surface area contributed by atoms with Gasteiger partial charge in [0.15, 0.2) is 6.39 Å². The summed E-state index contributed by atoms with van der Waals surface area (Å²) in [5.41, 5.74) is 1.79. The molecule has 10 rings (SSSR count). The molecular weight excluding hydrogens is 699 g/mol. The van der Waals surface area contributed by atoms with Gasteiger partial charge in [-0.3, -0.25) is 40.3 Å². The molecule has 21 heteroatoms. The van der Waals surface area contributed by atoms with Gasteiger partial charge in [-0.2, -0.15) is 20.4 Å². The van der Waals surface area contributed by atoms with Crippen molar-refractivity contribution in [3.8, 4) is 0 Å². The number of pyridine rings is 1. The first-order valence-corrected chi connectivity index (χ1v) is 15.7. The summed E-state index contributed by atoms with van der Waals surface area (Å²) >= 11 is 1.60. The number of thiazole rings is 1. The van der Waals surface area contributed by atoms with Gasteiger partial charge in [0.25, 0.3) is 0 Å². The van der Waals surface area contributed by atoms with Crippen LogP contribution in [0.3, 0.4) is 0 Å². The van der Waals surface area contributed by atoms with E-state index in [1.165, 1.54) is 44.3 Å². The number of aromatic nitrogens is 19. The van der Waals surface area contributed by atoms with E-state index >= 15 is 0 Å². The maximum Gasteiger partial charge on any atom is 0.180 e. The molecule has 20 nitrogen and oxygen atoms in total. The summed E-state index contributed by atoms with van der Waals surface area (Å²) in [4.78, 5) is 39.4. The van der Waals surface area contributed by atoms with Crippen molar-refractivity contribution >= 4 is 11.3 Å². The Morgan fingerprint density at radius 3 is 1.15 bits per heavy atom. The highest BCUT2D eigenvalue weighted by molar-refractivity contribution is 7.07. The Labute approximate surface area is 307 Å². The third-order valence-corrected chi connectivity index (χ3v) is 4.62. The van der Waals surface area contributed by atoms with Crippen LogP contribution in [0.1, 0.15) is 0 Å². The van der Waals surface area contributed by atoms with Crippen LogP contribution in [-0.4, -0.2) is 95.6 Å². The molecule has 0 aromatic carbocycles. The van der Waals surface area contributed by atoms with Crippen LogP contribution in [0.25, 0.3) is 0 Å². The van der Waals surface area contributed by atoms with Crippen molar-refractivity contribution in [3.05, 3.63) is 197 Å². The average Bonchev–Trinajstić information content (AvgIpc) is 4.12. The fourth-order valence-electron chi connectivity index (χ4n) is 2.15. The maximum atomic E-state index is 4.47. The van der Waals surface area contributed by atoms with E-state index in [0.717, 1.165) is 0 Å². The van der Waals surface area contributed by atoms with Crippen LogP contribution in [0.5, 0.6) is 0 Å². The van der Waals surface area contributed by atoms with E-state index < -0.39 is 0 Å². The normalized spacial score (nSPS) is 8.00. The summed E-state index contributed by atoms with van der Waals surface area (Å²) in [6, 6.07) is 11.2. The zero-order chi connectivity index (χ0) is 37.5. The quantitative estimate of drug-likeness (QED) is 0.141. The minimum Gasteiger partial charge on any atom is -0.452 e. The number of aromatic amines is 5. The molecule has 5 N–H and O–H groups in total. The molecule has 272 valence electrons. The SMILES string of the molecule is c1c[nH]cn1.c1ccncc1.c1cn[nH]c1.c1cn[nH]c1.c1cnccn1.c1cncnc1.c1cocn1.c1cscn1.c1nc[nH]n1.c1nc[nH]n1. The first kappa shape index (κ1) is 43.1. The second-order valence-electron chi connectivity index (χ2n) is 7.77. The van der Waals surface area contributed by atoms with E-state index in [1.54, 1.807) is 128 Å². The highest BCUT2D eigenvalue weighted by Gasteiger charge is 1.63. The van der Waals surface area contributed by atoms with Gasteiger partial charge in [-0.15, -0.1) is 11.3 Å². The summed E-state index contributed by atoms with van der Waals surface area (Å²) in [5, 5.41) is 26.3. The van der Waals surface area contributed by atoms with E-state index in [0.29, 0.717) is 0 Å². The third kappa shape index (κ3) is 38.4. The number of H-pyrrole nitrogens is 5. The Kier molecular flexibility index (Phi) is 32.7. The van der Waals surface area contributed by atoms with Crippen molar-refractivity contribution in [2.24, 2.45) is 0 Å². The molecule has 0 spiro atoms. The zero-order valence-electron chi connectivity index (χ0n) is 28.1. The predicted molar refractivity (Wildman–Crippen MR) is 195 cm³/mol. The van der Waals surface area contributed by atoms with Crippen LogP contribution < -0.4 is 0 Å². The number of nitrogens with one attached hydrogen (secondary N) is 5. The van der Waals surface area contributed by atoms with Crippen LogP contribution in [0.4, 0.5) is 0 Å². The predicted octanol–water partition coefficient (Wildman–Crippen LogP) is 4.69. The van der Waals surface area contributed by atoms with Crippen LogP contribution in [0, 0.1) is 0 Å². The lowest BCUT2D eigenvalue weighted by molar-refractivity contribution is 0.558. The Hall–Kier alpha value is -7.94. The lowest BCUT2D eigenvalue weighted by Crippen LogP contribution is -1.66.